The quantitative estimate of drug-likeness (QED) is 0.882. The van der Waals surface area contributed by atoms with Crippen LogP contribution in [0.15, 0.2) is 24.3 Å². The smallest absolute Gasteiger partial charge is 0.0325 e. The second kappa shape index (κ2) is 6.28. The molecule has 20 heavy (non-hydrogen) atoms. The molecule has 2 heteroatoms. The van der Waals surface area contributed by atoms with E-state index < -0.39 is 0 Å². The van der Waals surface area contributed by atoms with Gasteiger partial charge in [-0.15, -0.1) is 0 Å². The first-order valence-corrected chi connectivity index (χ1v) is 8.27. The molecule has 2 fully saturated rings. The zero-order valence-corrected chi connectivity index (χ0v) is 12.9. The van der Waals surface area contributed by atoms with Gasteiger partial charge in [0.25, 0.3) is 0 Å². The van der Waals surface area contributed by atoms with E-state index in [0.717, 1.165) is 12.0 Å². The molecule has 1 saturated heterocycles. The van der Waals surface area contributed by atoms with E-state index in [2.05, 4.69) is 48.3 Å². The van der Waals surface area contributed by atoms with Crippen molar-refractivity contribution in [3.8, 4) is 0 Å². The highest BCUT2D eigenvalue weighted by molar-refractivity contribution is 5.28. The van der Waals surface area contributed by atoms with Crippen molar-refractivity contribution in [2.75, 3.05) is 19.6 Å². The summed E-state index contributed by atoms with van der Waals surface area (Å²) in [6.45, 7) is 8.35. The van der Waals surface area contributed by atoms with E-state index in [1.54, 1.807) is 0 Å². The van der Waals surface area contributed by atoms with E-state index in [-0.39, 0.29) is 0 Å². The van der Waals surface area contributed by atoms with Crippen LogP contribution in [-0.2, 0) is 0 Å². The van der Waals surface area contributed by atoms with E-state index >= 15 is 0 Å². The fraction of sp³-hybridized carbons (Fsp3) is 0.667. The normalized spacial score (nSPS) is 24.9. The van der Waals surface area contributed by atoms with Crippen molar-refractivity contribution in [2.45, 2.75) is 51.6 Å². The van der Waals surface area contributed by atoms with E-state index in [9.17, 15) is 0 Å². The monoisotopic (exact) mass is 272 g/mol. The van der Waals surface area contributed by atoms with Gasteiger partial charge in [-0.25, -0.2) is 0 Å². The third-order valence-corrected chi connectivity index (χ3v) is 5.02. The van der Waals surface area contributed by atoms with E-state index in [1.165, 1.54) is 56.4 Å². The number of nitrogens with one attached hydrogen (secondary N) is 1. The van der Waals surface area contributed by atoms with Crippen molar-refractivity contribution in [2.24, 2.45) is 5.92 Å². The summed E-state index contributed by atoms with van der Waals surface area (Å²) in [5.41, 5.74) is 2.95. The lowest BCUT2D eigenvalue weighted by Gasteiger charge is -2.35. The molecule has 1 heterocycles. The first-order chi connectivity index (χ1) is 9.75. The number of nitrogens with zero attached hydrogens (tertiary/aromatic N) is 1. The summed E-state index contributed by atoms with van der Waals surface area (Å²) in [6.07, 6.45) is 5.55. The van der Waals surface area contributed by atoms with Crippen LogP contribution in [0.3, 0.4) is 0 Å². The maximum Gasteiger partial charge on any atom is 0.0325 e. The Morgan fingerprint density at radius 1 is 1.25 bits per heavy atom. The van der Waals surface area contributed by atoms with Gasteiger partial charge in [-0.2, -0.15) is 0 Å². The van der Waals surface area contributed by atoms with Gasteiger partial charge in [0.05, 0.1) is 0 Å². The van der Waals surface area contributed by atoms with Crippen LogP contribution in [0.5, 0.6) is 0 Å². The van der Waals surface area contributed by atoms with Crippen molar-refractivity contribution in [3.05, 3.63) is 35.4 Å². The lowest BCUT2D eigenvalue weighted by Crippen LogP contribution is -2.40. The molecule has 0 bridgehead atoms. The predicted molar refractivity (Wildman–Crippen MR) is 84.9 cm³/mol. The summed E-state index contributed by atoms with van der Waals surface area (Å²) in [7, 11) is 0. The summed E-state index contributed by atoms with van der Waals surface area (Å²) in [6, 6.07) is 10.3. The fourth-order valence-electron chi connectivity index (χ4n) is 3.64. The van der Waals surface area contributed by atoms with Gasteiger partial charge in [-0.1, -0.05) is 24.3 Å². The molecule has 0 spiro atoms. The minimum atomic E-state index is 0.561. The van der Waals surface area contributed by atoms with Gasteiger partial charge in [0.15, 0.2) is 0 Å². The molecule has 2 nitrogen and oxygen atoms in total. The number of rotatable bonds is 5. The Bertz CT molecular complexity index is 433. The molecule has 0 radical (unpaired) electrons. The SMILES string of the molecule is Cc1ccccc1C(C)N(CC1CCCNC1)C1CC1. The molecule has 1 aromatic rings. The van der Waals surface area contributed by atoms with Crippen LogP contribution in [0.2, 0.25) is 0 Å². The number of aryl methyl sites for hydroxylation is 1. The number of hydrogen-bond donors (Lipinski definition) is 1. The van der Waals surface area contributed by atoms with Crippen LogP contribution in [-0.4, -0.2) is 30.6 Å². The molecule has 2 atom stereocenters. The summed E-state index contributed by atoms with van der Waals surface area (Å²) < 4.78 is 0. The van der Waals surface area contributed by atoms with Gasteiger partial charge >= 0.3 is 0 Å². The van der Waals surface area contributed by atoms with Crippen LogP contribution in [0.25, 0.3) is 0 Å². The van der Waals surface area contributed by atoms with Crippen LogP contribution in [0, 0.1) is 12.8 Å². The highest BCUT2D eigenvalue weighted by atomic mass is 15.2. The fourth-order valence-corrected chi connectivity index (χ4v) is 3.64. The van der Waals surface area contributed by atoms with Crippen LogP contribution >= 0.6 is 0 Å². The summed E-state index contributed by atoms with van der Waals surface area (Å²) >= 11 is 0. The first kappa shape index (κ1) is 14.1. The number of hydrogen-bond acceptors (Lipinski definition) is 2. The van der Waals surface area contributed by atoms with Crippen molar-refractivity contribution >= 4 is 0 Å². The Labute approximate surface area is 123 Å². The third kappa shape index (κ3) is 3.24. The van der Waals surface area contributed by atoms with Crippen molar-refractivity contribution in [3.63, 3.8) is 0 Å². The average molecular weight is 272 g/mol. The Morgan fingerprint density at radius 2 is 2.05 bits per heavy atom. The molecule has 3 rings (SSSR count). The van der Waals surface area contributed by atoms with Gasteiger partial charge in [0, 0.05) is 18.6 Å². The minimum absolute atomic E-state index is 0.561. The second-order valence-electron chi connectivity index (χ2n) is 6.67. The van der Waals surface area contributed by atoms with Gasteiger partial charge in [-0.05, 0) is 69.7 Å². The van der Waals surface area contributed by atoms with E-state index in [1.807, 2.05) is 0 Å². The van der Waals surface area contributed by atoms with Gasteiger partial charge in [0.2, 0.25) is 0 Å². The third-order valence-electron chi connectivity index (χ3n) is 5.02. The lowest BCUT2D eigenvalue weighted by atomic mass is 9.96. The highest BCUT2D eigenvalue weighted by Crippen LogP contribution is 2.36. The van der Waals surface area contributed by atoms with Crippen molar-refractivity contribution in [1.29, 1.82) is 0 Å². The molecule has 1 N–H and O–H groups in total. The van der Waals surface area contributed by atoms with Crippen LogP contribution in [0.4, 0.5) is 0 Å². The maximum absolute atomic E-state index is 3.56. The van der Waals surface area contributed by atoms with Crippen LogP contribution in [0.1, 0.15) is 49.8 Å². The van der Waals surface area contributed by atoms with E-state index in [0.29, 0.717) is 6.04 Å². The zero-order chi connectivity index (χ0) is 13.9. The number of benzene rings is 1. The maximum atomic E-state index is 3.56. The largest absolute Gasteiger partial charge is 0.316 e. The molecule has 0 aromatic heterocycles. The molecule has 1 aromatic carbocycles. The van der Waals surface area contributed by atoms with E-state index in [4.69, 9.17) is 0 Å². The molecular formula is C18H28N2. The first-order valence-electron chi connectivity index (χ1n) is 8.27. The van der Waals surface area contributed by atoms with Gasteiger partial charge in [0.1, 0.15) is 0 Å². The Kier molecular flexibility index (Phi) is 4.42. The lowest BCUT2D eigenvalue weighted by molar-refractivity contribution is 0.153. The Morgan fingerprint density at radius 3 is 2.70 bits per heavy atom. The molecule has 1 aliphatic heterocycles. The standard InChI is InChI=1S/C18H28N2/c1-14-6-3-4-8-18(14)15(2)20(17-9-10-17)13-16-7-5-11-19-12-16/h3-4,6,8,15-17,19H,5,7,9-13H2,1-2H3. The topological polar surface area (TPSA) is 15.3 Å². The zero-order valence-electron chi connectivity index (χ0n) is 12.9. The Hall–Kier alpha value is -0.860. The summed E-state index contributed by atoms with van der Waals surface area (Å²) in [5.74, 6) is 0.843. The minimum Gasteiger partial charge on any atom is -0.316 e. The van der Waals surface area contributed by atoms with Gasteiger partial charge in [-0.3, -0.25) is 4.90 Å². The number of piperidine rings is 1. The summed E-state index contributed by atoms with van der Waals surface area (Å²) in [5, 5.41) is 3.56. The molecular weight excluding hydrogens is 244 g/mol. The Balaban J connectivity index is 1.71. The summed E-state index contributed by atoms with van der Waals surface area (Å²) in [4.78, 5) is 2.78. The average Bonchev–Trinajstić information content (AvgIpc) is 3.30. The molecule has 2 aliphatic rings. The molecule has 0 amide bonds. The highest BCUT2D eigenvalue weighted by Gasteiger charge is 2.34. The molecule has 110 valence electrons. The van der Waals surface area contributed by atoms with Crippen LogP contribution < -0.4 is 5.32 Å². The second-order valence-corrected chi connectivity index (χ2v) is 6.67. The predicted octanol–water partition coefficient (Wildman–Crippen LogP) is 3.52. The van der Waals surface area contributed by atoms with Gasteiger partial charge < -0.3 is 5.32 Å². The molecule has 2 unspecified atom stereocenters. The molecule has 1 aliphatic carbocycles. The van der Waals surface area contributed by atoms with Crippen molar-refractivity contribution < 1.29 is 0 Å². The van der Waals surface area contributed by atoms with Crippen molar-refractivity contribution in [1.82, 2.24) is 10.2 Å². The molecule has 1 saturated carbocycles.